The third kappa shape index (κ3) is 2.80. The third-order valence-electron chi connectivity index (χ3n) is 3.76. The lowest BCUT2D eigenvalue weighted by atomic mass is 9.97. The number of benzene rings is 1. The molecule has 3 N–H and O–H groups in total. The Balaban J connectivity index is 2.02. The maximum atomic E-state index is 13.3. The number of aromatic nitrogens is 2. The average Bonchev–Trinajstić information content (AvgIpc) is 2.47. The van der Waals surface area contributed by atoms with Gasteiger partial charge in [0.05, 0.1) is 0 Å². The zero-order valence-electron chi connectivity index (χ0n) is 11.4. The summed E-state index contributed by atoms with van der Waals surface area (Å²) < 4.78 is 13.3. The standard InChI is InChI=1S/C15H16FN3O2/c16-11-3-1-2-10(8-11)12-14(20)18-13(19-15(12)21)9-4-6-17-7-5-9/h1-3,8-9,17H,4-7H2,(H2,18,19,20,21). The molecule has 1 aliphatic rings. The van der Waals surface area contributed by atoms with E-state index in [0.717, 1.165) is 25.9 Å². The maximum absolute atomic E-state index is 13.3. The number of nitrogens with zero attached hydrogens (tertiary/aromatic N) is 1. The van der Waals surface area contributed by atoms with E-state index in [2.05, 4.69) is 15.3 Å². The van der Waals surface area contributed by atoms with Gasteiger partial charge in [-0.2, -0.15) is 4.98 Å². The van der Waals surface area contributed by atoms with Crippen LogP contribution in [0, 0.1) is 5.82 Å². The minimum Gasteiger partial charge on any atom is -0.493 e. The molecule has 21 heavy (non-hydrogen) atoms. The lowest BCUT2D eigenvalue weighted by Crippen LogP contribution is -2.28. The monoisotopic (exact) mass is 289 g/mol. The predicted molar refractivity (Wildman–Crippen MR) is 76.8 cm³/mol. The first-order valence-electron chi connectivity index (χ1n) is 6.95. The summed E-state index contributed by atoms with van der Waals surface area (Å²) in [5.41, 5.74) is -0.119. The molecular formula is C15H16FN3O2. The predicted octanol–water partition coefficient (Wildman–Crippen LogP) is 1.75. The Morgan fingerprint density at radius 3 is 2.71 bits per heavy atom. The number of aromatic hydroxyl groups is 1. The van der Waals surface area contributed by atoms with Gasteiger partial charge in [0.15, 0.2) is 0 Å². The summed E-state index contributed by atoms with van der Waals surface area (Å²) in [6.07, 6.45) is 1.73. The van der Waals surface area contributed by atoms with Crippen molar-refractivity contribution in [2.45, 2.75) is 18.8 Å². The molecule has 0 saturated carbocycles. The molecule has 0 bridgehead atoms. The second kappa shape index (κ2) is 5.65. The molecule has 0 amide bonds. The van der Waals surface area contributed by atoms with Gasteiger partial charge in [-0.15, -0.1) is 0 Å². The van der Waals surface area contributed by atoms with Crippen LogP contribution in [0.3, 0.4) is 0 Å². The second-order valence-corrected chi connectivity index (χ2v) is 5.18. The number of H-pyrrole nitrogens is 1. The average molecular weight is 289 g/mol. The number of hydrogen-bond acceptors (Lipinski definition) is 4. The first-order valence-corrected chi connectivity index (χ1v) is 6.95. The van der Waals surface area contributed by atoms with Gasteiger partial charge < -0.3 is 15.4 Å². The Hall–Kier alpha value is -2.21. The minimum atomic E-state index is -0.464. The number of piperidine rings is 1. The van der Waals surface area contributed by atoms with Gasteiger partial charge in [0.1, 0.15) is 17.2 Å². The van der Waals surface area contributed by atoms with Gasteiger partial charge in [0.2, 0.25) is 5.88 Å². The van der Waals surface area contributed by atoms with Crippen molar-refractivity contribution in [2.75, 3.05) is 13.1 Å². The van der Waals surface area contributed by atoms with E-state index in [9.17, 15) is 14.3 Å². The molecule has 1 aromatic carbocycles. The number of nitrogens with one attached hydrogen (secondary N) is 2. The summed E-state index contributed by atoms with van der Waals surface area (Å²) in [6.45, 7) is 1.72. The SMILES string of the molecule is O=c1[nH]c(C2CCNCC2)nc(O)c1-c1cccc(F)c1. The van der Waals surface area contributed by atoms with Crippen LogP contribution in [0.1, 0.15) is 24.6 Å². The summed E-state index contributed by atoms with van der Waals surface area (Å²) in [7, 11) is 0. The number of aromatic amines is 1. The van der Waals surface area contributed by atoms with Crippen LogP contribution in [0.15, 0.2) is 29.1 Å². The lowest BCUT2D eigenvalue weighted by molar-refractivity contribution is 0.420. The van der Waals surface area contributed by atoms with Gasteiger partial charge >= 0.3 is 0 Å². The summed E-state index contributed by atoms with van der Waals surface area (Å²) in [6, 6.07) is 5.55. The normalized spacial score (nSPS) is 16.0. The van der Waals surface area contributed by atoms with Crippen LogP contribution < -0.4 is 10.9 Å². The van der Waals surface area contributed by atoms with E-state index in [1.165, 1.54) is 18.2 Å². The molecule has 2 aromatic rings. The van der Waals surface area contributed by atoms with Crippen LogP contribution in [0.5, 0.6) is 5.88 Å². The molecule has 1 fully saturated rings. The topological polar surface area (TPSA) is 78.0 Å². The van der Waals surface area contributed by atoms with Crippen molar-refractivity contribution in [2.24, 2.45) is 0 Å². The molecule has 1 saturated heterocycles. The van der Waals surface area contributed by atoms with Gasteiger partial charge in [-0.3, -0.25) is 4.79 Å². The smallest absolute Gasteiger partial charge is 0.262 e. The van der Waals surface area contributed by atoms with Crippen molar-refractivity contribution in [1.29, 1.82) is 0 Å². The summed E-state index contributed by atoms with van der Waals surface area (Å²) >= 11 is 0. The van der Waals surface area contributed by atoms with Gasteiger partial charge in [-0.05, 0) is 43.6 Å². The van der Waals surface area contributed by atoms with Crippen LogP contribution in [0.2, 0.25) is 0 Å². The molecule has 6 heteroatoms. The van der Waals surface area contributed by atoms with Gasteiger partial charge in [0, 0.05) is 5.92 Å². The lowest BCUT2D eigenvalue weighted by Gasteiger charge is -2.21. The molecule has 0 atom stereocenters. The Morgan fingerprint density at radius 2 is 2.05 bits per heavy atom. The fraction of sp³-hybridized carbons (Fsp3) is 0.333. The van der Waals surface area contributed by atoms with Crippen LogP contribution >= 0.6 is 0 Å². The van der Waals surface area contributed by atoms with Crippen molar-refractivity contribution in [3.8, 4) is 17.0 Å². The number of halogens is 1. The van der Waals surface area contributed by atoms with E-state index < -0.39 is 11.4 Å². The molecular weight excluding hydrogens is 273 g/mol. The second-order valence-electron chi connectivity index (χ2n) is 5.18. The Bertz CT molecular complexity index is 708. The summed E-state index contributed by atoms with van der Waals surface area (Å²) in [4.78, 5) is 19.1. The summed E-state index contributed by atoms with van der Waals surface area (Å²) in [5.74, 6) is -0.183. The van der Waals surface area contributed by atoms with Crippen molar-refractivity contribution in [3.05, 3.63) is 46.3 Å². The van der Waals surface area contributed by atoms with Gasteiger partial charge in [-0.1, -0.05) is 12.1 Å². The molecule has 2 heterocycles. The van der Waals surface area contributed by atoms with Crippen LogP contribution in [0.25, 0.3) is 11.1 Å². The van der Waals surface area contributed by atoms with Gasteiger partial charge in [0.25, 0.3) is 5.56 Å². The molecule has 0 aliphatic carbocycles. The zero-order valence-corrected chi connectivity index (χ0v) is 11.4. The molecule has 0 radical (unpaired) electrons. The third-order valence-corrected chi connectivity index (χ3v) is 3.76. The molecule has 5 nitrogen and oxygen atoms in total. The number of hydrogen-bond donors (Lipinski definition) is 3. The quantitative estimate of drug-likeness (QED) is 0.787. The van der Waals surface area contributed by atoms with E-state index in [1.807, 2.05) is 0 Å². The Morgan fingerprint density at radius 1 is 1.29 bits per heavy atom. The molecule has 3 rings (SSSR count). The molecule has 110 valence electrons. The minimum absolute atomic E-state index is 0.00665. The summed E-state index contributed by atoms with van der Waals surface area (Å²) in [5, 5.41) is 13.3. The van der Waals surface area contributed by atoms with Crippen molar-refractivity contribution in [3.63, 3.8) is 0 Å². The fourth-order valence-corrected chi connectivity index (χ4v) is 2.67. The van der Waals surface area contributed by atoms with Crippen LogP contribution in [-0.4, -0.2) is 28.2 Å². The molecule has 0 unspecified atom stereocenters. The maximum Gasteiger partial charge on any atom is 0.262 e. The van der Waals surface area contributed by atoms with E-state index >= 15 is 0 Å². The van der Waals surface area contributed by atoms with Crippen molar-refractivity contribution >= 4 is 0 Å². The fourth-order valence-electron chi connectivity index (χ4n) is 2.67. The highest BCUT2D eigenvalue weighted by atomic mass is 19.1. The number of rotatable bonds is 2. The highest BCUT2D eigenvalue weighted by Gasteiger charge is 2.21. The molecule has 1 aliphatic heterocycles. The van der Waals surface area contributed by atoms with E-state index in [-0.39, 0.29) is 17.4 Å². The molecule has 1 aromatic heterocycles. The largest absolute Gasteiger partial charge is 0.493 e. The van der Waals surface area contributed by atoms with E-state index in [0.29, 0.717) is 11.4 Å². The van der Waals surface area contributed by atoms with Gasteiger partial charge in [-0.25, -0.2) is 4.39 Å². The van der Waals surface area contributed by atoms with E-state index in [1.54, 1.807) is 6.07 Å². The van der Waals surface area contributed by atoms with E-state index in [4.69, 9.17) is 0 Å². The van der Waals surface area contributed by atoms with Crippen molar-refractivity contribution in [1.82, 2.24) is 15.3 Å². The Labute approximate surface area is 120 Å². The van der Waals surface area contributed by atoms with Crippen LogP contribution in [-0.2, 0) is 0 Å². The highest BCUT2D eigenvalue weighted by Crippen LogP contribution is 2.27. The van der Waals surface area contributed by atoms with Crippen molar-refractivity contribution < 1.29 is 9.50 Å². The van der Waals surface area contributed by atoms with Crippen LogP contribution in [0.4, 0.5) is 4.39 Å². The first-order chi connectivity index (χ1) is 10.1. The molecule has 0 spiro atoms. The Kier molecular flexibility index (Phi) is 3.70. The first kappa shape index (κ1) is 13.8. The zero-order chi connectivity index (χ0) is 14.8. The highest BCUT2D eigenvalue weighted by molar-refractivity contribution is 5.67.